The highest BCUT2D eigenvalue weighted by Gasteiger charge is 2.41. The molecule has 0 saturated carbocycles. The number of carbonyl (C=O) groups excluding carboxylic acids is 2. The fourth-order valence-electron chi connectivity index (χ4n) is 5.78. The van der Waals surface area contributed by atoms with E-state index in [-0.39, 0.29) is 22.8 Å². The fourth-order valence-corrected chi connectivity index (χ4v) is 6.00. The van der Waals surface area contributed by atoms with E-state index in [9.17, 15) is 31.5 Å². The van der Waals surface area contributed by atoms with Crippen LogP contribution in [0.25, 0.3) is 16.8 Å². The zero-order valence-corrected chi connectivity index (χ0v) is 23.0. The third-order valence-corrected chi connectivity index (χ3v) is 8.04. The van der Waals surface area contributed by atoms with E-state index in [1.165, 1.54) is 17.3 Å². The molecule has 0 fully saturated rings. The quantitative estimate of drug-likeness (QED) is 0.216. The fraction of sp³-hybridized carbons (Fsp3) is 0.133. The lowest BCUT2D eigenvalue weighted by Crippen LogP contribution is -2.46. The molecule has 0 aliphatic carbocycles. The first kappa shape index (κ1) is 27.8. The van der Waals surface area contributed by atoms with Gasteiger partial charge in [-0.25, -0.2) is 23.1 Å². The van der Waals surface area contributed by atoms with Crippen molar-refractivity contribution in [2.45, 2.75) is 18.6 Å². The summed E-state index contributed by atoms with van der Waals surface area (Å²) in [5, 5.41) is 9.76. The molecular weight excluding hydrogens is 607 g/mol. The number of amides is 3. The van der Waals surface area contributed by atoms with Gasteiger partial charge >= 0.3 is 12.2 Å². The first-order chi connectivity index (χ1) is 21.0. The minimum atomic E-state index is -4.89. The van der Waals surface area contributed by atoms with Gasteiger partial charge in [0.2, 0.25) is 0 Å². The van der Waals surface area contributed by atoms with E-state index >= 15 is 0 Å². The number of pyridine rings is 1. The van der Waals surface area contributed by atoms with E-state index in [1.54, 1.807) is 28.9 Å². The maximum absolute atomic E-state index is 14.4. The molecule has 2 N–H and O–H groups in total. The third kappa shape index (κ3) is 4.60. The molecule has 8 nitrogen and oxygen atoms in total. The average Bonchev–Trinajstić information content (AvgIpc) is 3.64. The number of halogens is 6. The van der Waals surface area contributed by atoms with Crippen LogP contribution in [0.5, 0.6) is 0 Å². The van der Waals surface area contributed by atoms with Gasteiger partial charge in [-0.2, -0.15) is 18.3 Å². The molecule has 1 atom stereocenters. The molecular formula is C30H18ClF5N6O2. The van der Waals surface area contributed by atoms with E-state index in [2.05, 4.69) is 20.7 Å². The lowest BCUT2D eigenvalue weighted by atomic mass is 9.88. The van der Waals surface area contributed by atoms with Crippen LogP contribution in [0, 0.1) is 11.6 Å². The summed E-state index contributed by atoms with van der Waals surface area (Å²) in [5.41, 5.74) is 1.75. The van der Waals surface area contributed by atoms with Crippen LogP contribution < -0.4 is 15.5 Å². The summed E-state index contributed by atoms with van der Waals surface area (Å²) >= 11 is 6.46. The van der Waals surface area contributed by atoms with Crippen LogP contribution >= 0.6 is 11.6 Å². The van der Waals surface area contributed by atoms with Gasteiger partial charge in [0.1, 0.15) is 18.0 Å². The Morgan fingerprint density at radius 1 is 1.05 bits per heavy atom. The minimum Gasteiger partial charge on any atom is -0.327 e. The predicted octanol–water partition coefficient (Wildman–Crippen LogP) is 6.77. The number of rotatable bonds is 4. The summed E-state index contributed by atoms with van der Waals surface area (Å²) in [5.74, 6) is -2.90. The number of carbonyl (C=O) groups is 2. The molecule has 7 rings (SSSR count). The third-order valence-electron chi connectivity index (χ3n) is 7.69. The molecule has 44 heavy (non-hydrogen) atoms. The Bertz CT molecular complexity index is 2030. The summed E-state index contributed by atoms with van der Waals surface area (Å²) < 4.78 is 70.5. The molecule has 2 aliphatic heterocycles. The smallest absolute Gasteiger partial charge is 0.327 e. The molecule has 14 heteroatoms. The number of benzene rings is 3. The standard InChI is InChI=1S/C30H18ClF5N6O2/c31-22-3-2-17(32)10-21(22)26-25-23(39-28(43)15-7-16(30(34,35)36)9-18(33)8-15)11-20(14-1-4-24-37-13-38-42(24)12-14)19-5-6-41(27(19)25)29(44)40-26/h1-4,7-13,26H,5-6H2,(H,39,43)(H,40,44). The van der Waals surface area contributed by atoms with E-state index < -0.39 is 46.9 Å². The van der Waals surface area contributed by atoms with Crippen LogP contribution in [0.3, 0.4) is 0 Å². The van der Waals surface area contributed by atoms with Crippen molar-refractivity contribution in [3.05, 3.63) is 112 Å². The van der Waals surface area contributed by atoms with Crippen molar-refractivity contribution >= 4 is 40.6 Å². The van der Waals surface area contributed by atoms with Gasteiger partial charge in [0.15, 0.2) is 5.65 Å². The van der Waals surface area contributed by atoms with Crippen molar-refractivity contribution in [2.24, 2.45) is 0 Å². The number of aromatic nitrogens is 3. The average molecular weight is 625 g/mol. The minimum absolute atomic E-state index is 0.0949. The summed E-state index contributed by atoms with van der Waals surface area (Å²) in [7, 11) is 0. The molecule has 0 spiro atoms. The number of fused-ring (bicyclic) bond motifs is 1. The van der Waals surface area contributed by atoms with Crippen LogP contribution in [0.1, 0.15) is 38.7 Å². The number of nitrogens with zero attached hydrogens (tertiary/aromatic N) is 4. The van der Waals surface area contributed by atoms with Crippen LogP contribution in [-0.2, 0) is 12.6 Å². The highest BCUT2D eigenvalue weighted by atomic mass is 35.5. The highest BCUT2D eigenvalue weighted by molar-refractivity contribution is 6.31. The number of urea groups is 1. The van der Waals surface area contributed by atoms with Crippen LogP contribution in [0.15, 0.2) is 67.1 Å². The Balaban J connectivity index is 1.45. The zero-order valence-electron chi connectivity index (χ0n) is 22.2. The number of nitrogens with one attached hydrogen (secondary N) is 2. The maximum Gasteiger partial charge on any atom is 0.416 e. The predicted molar refractivity (Wildman–Crippen MR) is 151 cm³/mol. The van der Waals surface area contributed by atoms with Crippen molar-refractivity contribution in [1.82, 2.24) is 19.9 Å². The first-order valence-electron chi connectivity index (χ1n) is 13.2. The van der Waals surface area contributed by atoms with Crippen LogP contribution in [0.4, 0.5) is 38.1 Å². The molecule has 2 aliphatic rings. The Morgan fingerprint density at radius 2 is 1.86 bits per heavy atom. The number of anilines is 2. The molecule has 2 aromatic heterocycles. The van der Waals surface area contributed by atoms with Gasteiger partial charge in [0.25, 0.3) is 5.91 Å². The van der Waals surface area contributed by atoms with E-state index in [1.807, 2.05) is 0 Å². The van der Waals surface area contributed by atoms with Gasteiger partial charge in [-0.3, -0.25) is 9.69 Å². The highest BCUT2D eigenvalue weighted by Crippen LogP contribution is 2.50. The molecule has 0 saturated heterocycles. The molecule has 3 aromatic carbocycles. The number of hydrogen-bond donors (Lipinski definition) is 2. The Hall–Kier alpha value is -5.04. The molecule has 3 amide bonds. The lowest BCUT2D eigenvalue weighted by molar-refractivity contribution is -0.137. The Morgan fingerprint density at radius 3 is 2.66 bits per heavy atom. The van der Waals surface area contributed by atoms with Crippen molar-refractivity contribution in [3.8, 4) is 11.1 Å². The van der Waals surface area contributed by atoms with Crippen molar-refractivity contribution in [3.63, 3.8) is 0 Å². The largest absolute Gasteiger partial charge is 0.416 e. The lowest BCUT2D eigenvalue weighted by Gasteiger charge is -2.35. The molecule has 0 radical (unpaired) electrons. The van der Waals surface area contributed by atoms with Gasteiger partial charge < -0.3 is 10.6 Å². The van der Waals surface area contributed by atoms with Crippen molar-refractivity contribution in [2.75, 3.05) is 16.8 Å². The van der Waals surface area contributed by atoms with E-state index in [4.69, 9.17) is 11.6 Å². The van der Waals surface area contributed by atoms with Crippen LogP contribution in [0.2, 0.25) is 5.02 Å². The van der Waals surface area contributed by atoms with Crippen LogP contribution in [-0.4, -0.2) is 33.1 Å². The monoisotopic (exact) mass is 624 g/mol. The van der Waals surface area contributed by atoms with E-state index in [0.717, 1.165) is 17.7 Å². The number of alkyl halides is 3. The van der Waals surface area contributed by atoms with Gasteiger partial charge in [0.05, 0.1) is 17.3 Å². The SMILES string of the molecule is O=C(Nc1cc(-c2ccc3ncnn3c2)c2c3c1C(c1cc(F)ccc1Cl)NC(=O)N3CC2)c1cc(F)cc(C(F)(F)F)c1. The molecule has 1 unspecified atom stereocenters. The molecule has 222 valence electrons. The zero-order chi connectivity index (χ0) is 30.9. The summed E-state index contributed by atoms with van der Waals surface area (Å²) in [6.07, 6.45) is -1.38. The second-order valence-electron chi connectivity index (χ2n) is 10.3. The van der Waals surface area contributed by atoms with Gasteiger partial charge in [0, 0.05) is 45.7 Å². The Labute approximate surface area is 250 Å². The second kappa shape index (κ2) is 10.0. The van der Waals surface area contributed by atoms with Gasteiger partial charge in [-0.15, -0.1) is 0 Å². The summed E-state index contributed by atoms with van der Waals surface area (Å²) in [4.78, 5) is 32.4. The van der Waals surface area contributed by atoms with Crippen molar-refractivity contribution < 1.29 is 31.5 Å². The summed E-state index contributed by atoms with van der Waals surface area (Å²) in [6.45, 7) is 0.284. The van der Waals surface area contributed by atoms with Gasteiger partial charge in [-0.1, -0.05) is 11.6 Å². The first-order valence-corrected chi connectivity index (χ1v) is 13.6. The topological polar surface area (TPSA) is 91.6 Å². The van der Waals surface area contributed by atoms with E-state index in [0.29, 0.717) is 52.6 Å². The summed E-state index contributed by atoms with van der Waals surface area (Å²) in [6, 6.07) is 8.78. The Kier molecular flexibility index (Phi) is 6.32. The molecule has 0 bridgehead atoms. The van der Waals surface area contributed by atoms with Gasteiger partial charge in [-0.05, 0) is 72.1 Å². The normalized spacial score (nSPS) is 15.8. The second-order valence-corrected chi connectivity index (χ2v) is 10.7. The molecule has 4 heterocycles. The maximum atomic E-state index is 14.4. The molecule has 5 aromatic rings. The number of hydrogen-bond acceptors (Lipinski definition) is 4. The van der Waals surface area contributed by atoms with Crippen molar-refractivity contribution in [1.29, 1.82) is 0 Å².